The zero-order valence-corrected chi connectivity index (χ0v) is 12.2. The predicted octanol–water partition coefficient (Wildman–Crippen LogP) is 1.83. The van der Waals surface area contributed by atoms with Crippen LogP contribution < -0.4 is 5.32 Å². The molecule has 2 aliphatic rings. The van der Waals surface area contributed by atoms with Gasteiger partial charge in [0.05, 0.1) is 16.0 Å². The molecular formula is C14H8N2O3S2. The van der Waals surface area contributed by atoms with E-state index in [-0.39, 0.29) is 17.7 Å². The summed E-state index contributed by atoms with van der Waals surface area (Å²) in [6, 6.07) is 6.64. The van der Waals surface area contributed by atoms with Gasteiger partial charge in [-0.15, -0.1) is 0 Å². The molecule has 0 spiro atoms. The molecule has 7 heteroatoms. The first kappa shape index (κ1) is 13.7. The van der Waals surface area contributed by atoms with Gasteiger partial charge in [-0.3, -0.25) is 14.4 Å². The lowest BCUT2D eigenvalue weighted by Gasteiger charge is -2.05. The smallest absolute Gasteiger partial charge is 0.265 e. The monoisotopic (exact) mass is 316 g/mol. The van der Waals surface area contributed by atoms with Gasteiger partial charge in [-0.05, 0) is 24.3 Å². The zero-order valence-electron chi connectivity index (χ0n) is 10.5. The average molecular weight is 316 g/mol. The van der Waals surface area contributed by atoms with E-state index in [9.17, 15) is 14.4 Å². The van der Waals surface area contributed by atoms with Crippen molar-refractivity contribution in [3.63, 3.8) is 0 Å². The van der Waals surface area contributed by atoms with Crippen molar-refractivity contribution in [2.75, 3.05) is 0 Å². The molecule has 21 heavy (non-hydrogen) atoms. The Labute approximate surface area is 129 Å². The highest BCUT2D eigenvalue weighted by atomic mass is 32.2. The number of thiocarbonyl (C=S) groups is 1. The van der Waals surface area contributed by atoms with Gasteiger partial charge in [0.2, 0.25) is 0 Å². The maximum atomic E-state index is 12.1. The highest BCUT2D eigenvalue weighted by Gasteiger charge is 2.33. The second kappa shape index (κ2) is 5.27. The van der Waals surface area contributed by atoms with Crippen LogP contribution in [0.1, 0.15) is 20.7 Å². The van der Waals surface area contributed by atoms with Gasteiger partial charge in [-0.1, -0.05) is 36.1 Å². The quantitative estimate of drug-likeness (QED) is 0.512. The molecule has 3 amide bonds. The second-order valence-electron chi connectivity index (χ2n) is 4.24. The summed E-state index contributed by atoms with van der Waals surface area (Å²) < 4.78 is 0.389. The largest absolute Gasteiger partial charge is 0.307 e. The number of hydrogen-bond acceptors (Lipinski definition) is 5. The van der Waals surface area contributed by atoms with Crippen molar-refractivity contribution in [2.24, 2.45) is 0 Å². The van der Waals surface area contributed by atoms with E-state index in [1.807, 2.05) is 0 Å². The number of carbonyl (C=O) groups excluding carboxylic acids is 3. The number of hydrogen-bond donors (Lipinski definition) is 1. The third kappa shape index (κ3) is 2.41. The number of amides is 3. The average Bonchev–Trinajstić information content (AvgIpc) is 2.91. The topological polar surface area (TPSA) is 66.5 Å². The molecule has 104 valence electrons. The number of carbonyl (C=O) groups is 3. The number of nitrogens with zero attached hydrogens (tertiary/aromatic N) is 1. The van der Waals surface area contributed by atoms with Crippen LogP contribution in [0.4, 0.5) is 0 Å². The van der Waals surface area contributed by atoms with Gasteiger partial charge in [-0.25, -0.2) is 4.90 Å². The zero-order chi connectivity index (χ0) is 15.0. The molecule has 2 heterocycles. The lowest BCUT2D eigenvalue weighted by molar-refractivity contribution is -0.115. The van der Waals surface area contributed by atoms with E-state index in [0.29, 0.717) is 20.4 Å². The number of fused-ring (bicyclic) bond motifs is 1. The molecule has 1 aromatic carbocycles. The summed E-state index contributed by atoms with van der Waals surface area (Å²) in [5.41, 5.74) is 0.767. The van der Waals surface area contributed by atoms with E-state index in [2.05, 4.69) is 5.32 Å². The standard InChI is InChI=1S/C14H8N2O3S2/c17-11-10(21-14(20)15-11)6-3-7-16-12(18)8-4-1-2-5-9(8)13(16)19/h1-7H,(H,15,17,20)/b7-3+,10-6+. The fraction of sp³-hybridized carbons (Fsp3) is 0. The molecule has 0 aromatic heterocycles. The molecule has 1 fully saturated rings. The van der Waals surface area contributed by atoms with Crippen LogP contribution in [0.3, 0.4) is 0 Å². The van der Waals surface area contributed by atoms with E-state index < -0.39 is 0 Å². The van der Waals surface area contributed by atoms with Crippen LogP contribution in [0.25, 0.3) is 0 Å². The van der Waals surface area contributed by atoms with Crippen LogP contribution in [-0.4, -0.2) is 26.9 Å². The van der Waals surface area contributed by atoms with E-state index in [1.165, 1.54) is 18.4 Å². The van der Waals surface area contributed by atoms with Gasteiger partial charge in [-0.2, -0.15) is 0 Å². The molecule has 2 aliphatic heterocycles. The molecular weight excluding hydrogens is 308 g/mol. The fourth-order valence-electron chi connectivity index (χ4n) is 2.00. The summed E-state index contributed by atoms with van der Waals surface area (Å²) in [7, 11) is 0. The van der Waals surface area contributed by atoms with Gasteiger partial charge in [0.1, 0.15) is 4.32 Å². The summed E-state index contributed by atoms with van der Waals surface area (Å²) in [5, 5.41) is 2.48. The molecule has 3 rings (SSSR count). The van der Waals surface area contributed by atoms with Crippen molar-refractivity contribution < 1.29 is 14.4 Å². The molecule has 0 atom stereocenters. The molecule has 1 N–H and O–H groups in total. The Hall–Kier alpha value is -2.25. The number of nitrogens with one attached hydrogen (secondary N) is 1. The first-order valence-electron chi connectivity index (χ1n) is 5.96. The Morgan fingerprint density at radius 2 is 1.71 bits per heavy atom. The van der Waals surface area contributed by atoms with Gasteiger partial charge in [0.25, 0.3) is 17.7 Å². The molecule has 0 radical (unpaired) electrons. The number of rotatable bonds is 2. The summed E-state index contributed by atoms with van der Waals surface area (Å²) in [4.78, 5) is 37.1. The van der Waals surface area contributed by atoms with E-state index in [1.54, 1.807) is 24.3 Å². The summed E-state index contributed by atoms with van der Waals surface area (Å²) in [6.45, 7) is 0. The fourth-order valence-corrected chi connectivity index (χ4v) is 2.99. The number of allylic oxidation sites excluding steroid dienone is 2. The maximum Gasteiger partial charge on any atom is 0.265 e. The first-order valence-corrected chi connectivity index (χ1v) is 7.19. The Morgan fingerprint density at radius 1 is 1.10 bits per heavy atom. The molecule has 1 aromatic rings. The summed E-state index contributed by atoms with van der Waals surface area (Å²) in [5.74, 6) is -1.02. The minimum Gasteiger partial charge on any atom is -0.307 e. The van der Waals surface area contributed by atoms with Crippen molar-refractivity contribution in [3.8, 4) is 0 Å². The normalized spacial score (nSPS) is 19.8. The van der Waals surface area contributed by atoms with Crippen molar-refractivity contribution in [1.29, 1.82) is 0 Å². The van der Waals surface area contributed by atoms with Crippen molar-refractivity contribution in [2.45, 2.75) is 0 Å². The van der Waals surface area contributed by atoms with Gasteiger partial charge >= 0.3 is 0 Å². The highest BCUT2D eigenvalue weighted by molar-refractivity contribution is 8.26. The Balaban J connectivity index is 1.81. The number of benzene rings is 1. The molecule has 5 nitrogen and oxygen atoms in total. The summed E-state index contributed by atoms with van der Waals surface area (Å²) in [6.07, 6.45) is 4.35. The SMILES string of the molecule is O=C1NC(=S)S/C1=C/C=C/N1C(=O)c2ccccc2C1=O. The molecule has 0 aliphatic carbocycles. The summed E-state index contributed by atoms with van der Waals surface area (Å²) >= 11 is 6.00. The van der Waals surface area contributed by atoms with Crippen LogP contribution in [0.2, 0.25) is 0 Å². The molecule has 0 saturated carbocycles. The van der Waals surface area contributed by atoms with E-state index in [4.69, 9.17) is 12.2 Å². The number of thioether (sulfide) groups is 1. The minimum atomic E-state index is -0.371. The second-order valence-corrected chi connectivity index (χ2v) is 5.96. The van der Waals surface area contributed by atoms with Gasteiger partial charge < -0.3 is 5.32 Å². The maximum absolute atomic E-state index is 12.1. The van der Waals surface area contributed by atoms with Crippen LogP contribution in [-0.2, 0) is 4.79 Å². The third-order valence-corrected chi connectivity index (χ3v) is 4.13. The Kier molecular flexibility index (Phi) is 3.44. The predicted molar refractivity (Wildman–Crippen MR) is 82.5 cm³/mol. The van der Waals surface area contributed by atoms with Crippen molar-refractivity contribution in [3.05, 3.63) is 58.6 Å². The Morgan fingerprint density at radius 3 is 2.24 bits per heavy atom. The van der Waals surface area contributed by atoms with Crippen molar-refractivity contribution in [1.82, 2.24) is 10.2 Å². The van der Waals surface area contributed by atoms with Crippen molar-refractivity contribution >= 4 is 46.0 Å². The van der Waals surface area contributed by atoms with E-state index >= 15 is 0 Å². The molecule has 1 saturated heterocycles. The van der Waals surface area contributed by atoms with Crippen LogP contribution in [0, 0.1) is 0 Å². The Bertz CT molecular complexity index is 717. The van der Waals surface area contributed by atoms with Gasteiger partial charge in [0.15, 0.2) is 0 Å². The lowest BCUT2D eigenvalue weighted by Crippen LogP contribution is -2.23. The van der Waals surface area contributed by atoms with Crippen LogP contribution in [0.5, 0.6) is 0 Å². The first-order chi connectivity index (χ1) is 10.1. The van der Waals surface area contributed by atoms with Crippen LogP contribution in [0.15, 0.2) is 47.5 Å². The molecule has 0 bridgehead atoms. The van der Waals surface area contributed by atoms with Crippen LogP contribution >= 0.6 is 24.0 Å². The third-order valence-electron chi connectivity index (χ3n) is 2.95. The number of imide groups is 1. The minimum absolute atomic E-state index is 0.281. The lowest BCUT2D eigenvalue weighted by atomic mass is 10.1. The highest BCUT2D eigenvalue weighted by Crippen LogP contribution is 2.24. The van der Waals surface area contributed by atoms with E-state index in [0.717, 1.165) is 16.7 Å². The van der Waals surface area contributed by atoms with Gasteiger partial charge in [0, 0.05) is 6.20 Å². The molecule has 0 unspecified atom stereocenters.